The monoisotopic (exact) mass is 390 g/mol. The first-order chi connectivity index (χ1) is 12.4. The Morgan fingerprint density at radius 2 is 1.88 bits per heavy atom. The highest BCUT2D eigenvalue weighted by atomic mass is 32.2. The second kappa shape index (κ2) is 6.70. The van der Waals surface area contributed by atoms with Crippen molar-refractivity contribution in [1.29, 1.82) is 0 Å². The third kappa shape index (κ3) is 3.38. The molecule has 1 fully saturated rings. The molecule has 0 N–H and O–H groups in total. The van der Waals surface area contributed by atoms with Crippen molar-refractivity contribution in [3.63, 3.8) is 0 Å². The van der Waals surface area contributed by atoms with E-state index < -0.39 is 9.84 Å². The Bertz CT molecular complexity index is 958. The van der Waals surface area contributed by atoms with Crippen molar-refractivity contribution in [3.05, 3.63) is 65.5 Å². The van der Waals surface area contributed by atoms with Gasteiger partial charge in [0.2, 0.25) is 0 Å². The third-order valence-corrected chi connectivity index (χ3v) is 7.45. The summed E-state index contributed by atoms with van der Waals surface area (Å²) in [4.78, 5) is 6.69. The zero-order valence-corrected chi connectivity index (χ0v) is 15.9. The number of benzene rings is 2. The second-order valence-electron chi connectivity index (χ2n) is 6.71. The molecule has 4 rings (SSSR count). The zero-order chi connectivity index (χ0) is 18.3. The maximum Gasteiger partial charge on any atom is 0.164 e. The van der Waals surface area contributed by atoms with E-state index in [1.54, 1.807) is 12.1 Å². The number of thioether (sulfide) groups is 1. The van der Waals surface area contributed by atoms with Crippen LogP contribution < -0.4 is 4.90 Å². The Hall–Kier alpha value is -1.86. The predicted molar refractivity (Wildman–Crippen MR) is 105 cm³/mol. The lowest BCUT2D eigenvalue weighted by molar-refractivity contribution is 0.601. The molecule has 2 heterocycles. The van der Waals surface area contributed by atoms with Crippen LogP contribution in [0.25, 0.3) is 0 Å². The summed E-state index contributed by atoms with van der Waals surface area (Å²) in [5.74, 6) is 0.422. The summed E-state index contributed by atoms with van der Waals surface area (Å²) in [6, 6.07) is 14.3. The van der Waals surface area contributed by atoms with Crippen molar-refractivity contribution in [2.45, 2.75) is 24.8 Å². The minimum absolute atomic E-state index is 0.0871. The average molecular weight is 391 g/mol. The van der Waals surface area contributed by atoms with Crippen molar-refractivity contribution < 1.29 is 12.8 Å². The first-order valence-electron chi connectivity index (χ1n) is 8.43. The number of fused-ring (bicyclic) bond motifs is 1. The molecule has 0 saturated carbocycles. The maximum atomic E-state index is 13.9. The topological polar surface area (TPSA) is 49.7 Å². The van der Waals surface area contributed by atoms with E-state index in [2.05, 4.69) is 4.99 Å². The van der Waals surface area contributed by atoms with Crippen LogP contribution in [0.3, 0.4) is 0 Å². The van der Waals surface area contributed by atoms with Crippen LogP contribution in [0, 0.1) is 12.7 Å². The maximum absolute atomic E-state index is 13.9. The van der Waals surface area contributed by atoms with Gasteiger partial charge in [-0.05, 0) is 30.7 Å². The summed E-state index contributed by atoms with van der Waals surface area (Å²) in [6.45, 7) is 2.01. The fourth-order valence-corrected chi connectivity index (χ4v) is 6.35. The van der Waals surface area contributed by atoms with Crippen LogP contribution in [0.2, 0.25) is 0 Å². The van der Waals surface area contributed by atoms with Gasteiger partial charge in [-0.1, -0.05) is 47.7 Å². The van der Waals surface area contributed by atoms with E-state index in [1.807, 2.05) is 42.2 Å². The van der Waals surface area contributed by atoms with Gasteiger partial charge in [0.25, 0.3) is 0 Å². The number of anilines is 1. The molecule has 0 radical (unpaired) electrons. The van der Waals surface area contributed by atoms with Gasteiger partial charge in [-0.25, -0.2) is 12.8 Å². The molecule has 0 spiro atoms. The fourth-order valence-electron chi connectivity index (χ4n) is 3.40. The summed E-state index contributed by atoms with van der Waals surface area (Å²) in [5.41, 5.74) is 2.69. The number of rotatable bonds is 3. The summed E-state index contributed by atoms with van der Waals surface area (Å²) in [7, 11) is -3.07. The molecule has 7 heteroatoms. The van der Waals surface area contributed by atoms with Crippen molar-refractivity contribution in [1.82, 2.24) is 0 Å². The summed E-state index contributed by atoms with van der Waals surface area (Å²) < 4.78 is 38.0. The van der Waals surface area contributed by atoms with Crippen molar-refractivity contribution >= 4 is 32.5 Å². The van der Waals surface area contributed by atoms with Crippen LogP contribution >= 0.6 is 11.8 Å². The molecule has 2 aliphatic rings. The molecule has 2 aromatic rings. The first kappa shape index (κ1) is 17.5. The number of halogens is 1. The molecule has 0 aliphatic carbocycles. The van der Waals surface area contributed by atoms with E-state index in [4.69, 9.17) is 0 Å². The van der Waals surface area contributed by atoms with Crippen molar-refractivity contribution in [2.24, 2.45) is 4.99 Å². The third-order valence-electron chi connectivity index (χ3n) is 4.73. The van der Waals surface area contributed by atoms with Crippen LogP contribution in [0.15, 0.2) is 53.5 Å². The second-order valence-corrected chi connectivity index (χ2v) is 9.81. The number of aryl methyl sites for hydroxylation is 1. The predicted octanol–water partition coefficient (Wildman–Crippen LogP) is 3.41. The quantitative estimate of drug-likeness (QED) is 0.806. The summed E-state index contributed by atoms with van der Waals surface area (Å²) >= 11 is 1.46. The number of hydrogen-bond acceptors (Lipinski definition) is 5. The van der Waals surface area contributed by atoms with E-state index in [0.717, 1.165) is 16.4 Å². The normalized spacial score (nSPS) is 23.8. The van der Waals surface area contributed by atoms with E-state index in [0.29, 0.717) is 11.3 Å². The minimum Gasteiger partial charge on any atom is -0.315 e. The van der Waals surface area contributed by atoms with Crippen LogP contribution in [0.4, 0.5) is 10.1 Å². The fraction of sp³-hybridized carbons (Fsp3) is 0.316. The molecule has 0 amide bonds. The van der Waals surface area contributed by atoms with Gasteiger partial charge in [0.1, 0.15) is 5.82 Å². The van der Waals surface area contributed by atoms with Gasteiger partial charge < -0.3 is 4.90 Å². The van der Waals surface area contributed by atoms with Crippen LogP contribution in [-0.4, -0.2) is 37.2 Å². The highest BCUT2D eigenvalue weighted by Gasteiger charge is 2.47. The van der Waals surface area contributed by atoms with Gasteiger partial charge in [-0.3, -0.25) is 4.99 Å². The Morgan fingerprint density at radius 3 is 2.62 bits per heavy atom. The first-order valence-corrected chi connectivity index (χ1v) is 11.2. The lowest BCUT2D eigenvalue weighted by Gasteiger charge is -2.26. The zero-order valence-electron chi connectivity index (χ0n) is 14.3. The lowest BCUT2D eigenvalue weighted by Crippen LogP contribution is -2.39. The van der Waals surface area contributed by atoms with Crippen molar-refractivity contribution in [3.8, 4) is 0 Å². The average Bonchev–Trinajstić information content (AvgIpc) is 3.06. The van der Waals surface area contributed by atoms with Gasteiger partial charge >= 0.3 is 0 Å². The van der Waals surface area contributed by atoms with Crippen LogP contribution in [-0.2, 0) is 15.6 Å². The number of sulfone groups is 1. The molecule has 2 aromatic carbocycles. The van der Waals surface area contributed by atoms with E-state index in [-0.39, 0.29) is 29.4 Å². The number of aliphatic imine (C=N–C) groups is 1. The minimum atomic E-state index is -3.07. The molecule has 0 unspecified atom stereocenters. The molecule has 4 nitrogen and oxygen atoms in total. The Labute approximate surface area is 157 Å². The molecule has 0 bridgehead atoms. The molecule has 1 saturated heterocycles. The smallest absolute Gasteiger partial charge is 0.164 e. The molecular weight excluding hydrogens is 371 g/mol. The van der Waals surface area contributed by atoms with E-state index >= 15 is 0 Å². The van der Waals surface area contributed by atoms with Crippen LogP contribution in [0.1, 0.15) is 11.1 Å². The van der Waals surface area contributed by atoms with Gasteiger partial charge in [0.05, 0.1) is 23.6 Å². The molecule has 2 atom stereocenters. The standard InChI is InChI=1S/C19H19FN2O2S2/c1-13-6-8-15(9-7-13)22-18-12-26(23,24)11-17(18)21-19(22)25-10-14-4-2-3-5-16(14)20/h2-9,17-18H,10-12H2,1H3/t17-,18-/m0/s1. The molecule has 0 aromatic heterocycles. The highest BCUT2D eigenvalue weighted by Crippen LogP contribution is 2.36. The summed E-state index contributed by atoms with van der Waals surface area (Å²) in [6.07, 6.45) is 0. The van der Waals surface area contributed by atoms with E-state index in [9.17, 15) is 12.8 Å². The molecular formula is C19H19FN2O2S2. The van der Waals surface area contributed by atoms with Gasteiger partial charge in [0, 0.05) is 11.4 Å². The number of nitrogens with zero attached hydrogens (tertiary/aromatic N) is 2. The largest absolute Gasteiger partial charge is 0.315 e. The highest BCUT2D eigenvalue weighted by molar-refractivity contribution is 8.13. The Morgan fingerprint density at radius 1 is 1.15 bits per heavy atom. The van der Waals surface area contributed by atoms with E-state index in [1.165, 1.54) is 17.8 Å². The molecule has 26 heavy (non-hydrogen) atoms. The Balaban J connectivity index is 1.63. The van der Waals surface area contributed by atoms with Gasteiger partial charge in [-0.15, -0.1) is 0 Å². The summed E-state index contributed by atoms with van der Waals surface area (Å²) in [5, 5.41) is 0.766. The Kier molecular flexibility index (Phi) is 4.52. The lowest BCUT2D eigenvalue weighted by atomic mass is 10.1. The number of amidine groups is 1. The molecule has 2 aliphatic heterocycles. The molecule has 136 valence electrons. The van der Waals surface area contributed by atoms with Crippen LogP contribution in [0.5, 0.6) is 0 Å². The van der Waals surface area contributed by atoms with Gasteiger partial charge in [0.15, 0.2) is 15.0 Å². The number of hydrogen-bond donors (Lipinski definition) is 0. The van der Waals surface area contributed by atoms with Gasteiger partial charge in [-0.2, -0.15) is 0 Å². The SMILES string of the molecule is Cc1ccc(N2C(SCc3ccccc3F)=N[C@H]3CS(=O)(=O)C[C@@H]32)cc1. The van der Waals surface area contributed by atoms with Crippen molar-refractivity contribution in [2.75, 3.05) is 16.4 Å².